The van der Waals surface area contributed by atoms with Crippen LogP contribution in [0.15, 0.2) is 6.20 Å². The highest BCUT2D eigenvalue weighted by molar-refractivity contribution is 5.31. The summed E-state index contributed by atoms with van der Waals surface area (Å²) in [4.78, 5) is 8.31. The zero-order valence-electron chi connectivity index (χ0n) is 11.3. The highest BCUT2D eigenvalue weighted by Crippen LogP contribution is 2.32. The molecular formula is C13H22N4O. The SMILES string of the molecule is Cc1cnc(NN)nc1OC1CCC(C)C(C)C1. The normalized spacial score (nSPS) is 27.9. The van der Waals surface area contributed by atoms with E-state index in [4.69, 9.17) is 10.6 Å². The predicted molar refractivity (Wildman–Crippen MR) is 71.2 cm³/mol. The fraction of sp³-hybridized carbons (Fsp3) is 0.692. The summed E-state index contributed by atoms with van der Waals surface area (Å²) in [5, 5.41) is 0. The summed E-state index contributed by atoms with van der Waals surface area (Å²) in [5.41, 5.74) is 3.39. The molecule has 1 aromatic heterocycles. The van der Waals surface area contributed by atoms with Gasteiger partial charge in [-0.2, -0.15) is 4.98 Å². The minimum atomic E-state index is 0.260. The van der Waals surface area contributed by atoms with Crippen molar-refractivity contribution >= 4 is 5.95 Å². The first-order valence-electron chi connectivity index (χ1n) is 6.57. The number of nitrogens with two attached hydrogens (primary N) is 1. The molecule has 0 aliphatic heterocycles. The Hall–Kier alpha value is -1.36. The third-order valence-corrected chi connectivity index (χ3v) is 3.88. The van der Waals surface area contributed by atoms with Gasteiger partial charge in [0.05, 0.1) is 0 Å². The van der Waals surface area contributed by atoms with Gasteiger partial charge in [0.2, 0.25) is 11.8 Å². The monoisotopic (exact) mass is 250 g/mol. The first-order valence-corrected chi connectivity index (χ1v) is 6.57. The summed E-state index contributed by atoms with van der Waals surface area (Å²) >= 11 is 0. The van der Waals surface area contributed by atoms with Crippen molar-refractivity contribution in [3.05, 3.63) is 11.8 Å². The average Bonchev–Trinajstić information content (AvgIpc) is 2.36. The first-order chi connectivity index (χ1) is 8.60. The van der Waals surface area contributed by atoms with Gasteiger partial charge in [-0.05, 0) is 38.0 Å². The lowest BCUT2D eigenvalue weighted by atomic mass is 9.80. The molecule has 1 fully saturated rings. The minimum absolute atomic E-state index is 0.260. The molecule has 0 radical (unpaired) electrons. The molecule has 5 nitrogen and oxygen atoms in total. The molecule has 1 aliphatic carbocycles. The first kappa shape index (κ1) is 13.1. The molecule has 0 spiro atoms. The van der Waals surface area contributed by atoms with Crippen LogP contribution in [0.1, 0.15) is 38.7 Å². The van der Waals surface area contributed by atoms with Crippen LogP contribution < -0.4 is 16.0 Å². The van der Waals surface area contributed by atoms with E-state index in [1.54, 1.807) is 6.20 Å². The Balaban J connectivity index is 2.05. The molecule has 1 saturated carbocycles. The van der Waals surface area contributed by atoms with E-state index < -0.39 is 0 Å². The Bertz CT molecular complexity index is 410. The lowest BCUT2D eigenvalue weighted by molar-refractivity contribution is 0.0957. The van der Waals surface area contributed by atoms with Crippen LogP contribution in [0.3, 0.4) is 0 Å². The summed E-state index contributed by atoms with van der Waals surface area (Å²) in [6.07, 6.45) is 5.40. The number of hydrazine groups is 1. The van der Waals surface area contributed by atoms with Crippen LogP contribution in [-0.4, -0.2) is 16.1 Å². The number of aryl methyl sites for hydroxylation is 1. The Kier molecular flexibility index (Phi) is 4.01. The molecule has 3 atom stereocenters. The van der Waals surface area contributed by atoms with Crippen LogP contribution in [0, 0.1) is 18.8 Å². The van der Waals surface area contributed by atoms with E-state index in [1.165, 1.54) is 6.42 Å². The standard InChI is InChI=1S/C13H22N4O/c1-8-4-5-11(6-9(8)2)18-12-10(3)7-15-13(16-12)17-14/h7-9,11H,4-6,14H2,1-3H3,(H,15,16,17). The number of nitrogens with zero attached hydrogens (tertiary/aromatic N) is 2. The van der Waals surface area contributed by atoms with Gasteiger partial charge in [-0.25, -0.2) is 10.8 Å². The lowest BCUT2D eigenvalue weighted by Gasteiger charge is -2.32. The second kappa shape index (κ2) is 5.52. The lowest BCUT2D eigenvalue weighted by Crippen LogP contribution is -2.29. The molecule has 18 heavy (non-hydrogen) atoms. The van der Waals surface area contributed by atoms with Crippen LogP contribution in [-0.2, 0) is 0 Å². The molecular weight excluding hydrogens is 228 g/mol. The summed E-state index contributed by atoms with van der Waals surface area (Å²) < 4.78 is 6.00. The quantitative estimate of drug-likeness (QED) is 0.636. The smallest absolute Gasteiger partial charge is 0.240 e. The number of rotatable bonds is 3. The number of nitrogen functional groups attached to an aromatic ring is 1. The number of aromatic nitrogens is 2. The van der Waals surface area contributed by atoms with Crippen LogP contribution in [0.5, 0.6) is 5.88 Å². The van der Waals surface area contributed by atoms with Crippen molar-refractivity contribution in [2.45, 2.75) is 46.1 Å². The molecule has 1 aromatic rings. The molecule has 100 valence electrons. The number of hydrogen-bond donors (Lipinski definition) is 2. The Labute approximate surface area is 108 Å². The highest BCUT2D eigenvalue weighted by atomic mass is 16.5. The van der Waals surface area contributed by atoms with E-state index in [0.29, 0.717) is 17.7 Å². The molecule has 1 heterocycles. The van der Waals surface area contributed by atoms with Gasteiger partial charge in [0, 0.05) is 11.8 Å². The fourth-order valence-corrected chi connectivity index (χ4v) is 2.38. The van der Waals surface area contributed by atoms with Gasteiger partial charge in [0.1, 0.15) is 6.10 Å². The molecule has 1 aliphatic rings. The largest absolute Gasteiger partial charge is 0.474 e. The highest BCUT2D eigenvalue weighted by Gasteiger charge is 2.26. The molecule has 0 aromatic carbocycles. The summed E-state index contributed by atoms with van der Waals surface area (Å²) in [6, 6.07) is 0. The third-order valence-electron chi connectivity index (χ3n) is 3.88. The minimum Gasteiger partial charge on any atom is -0.474 e. The van der Waals surface area contributed by atoms with E-state index in [1.807, 2.05) is 6.92 Å². The van der Waals surface area contributed by atoms with Gasteiger partial charge in [-0.15, -0.1) is 0 Å². The molecule has 3 unspecified atom stereocenters. The van der Waals surface area contributed by atoms with Gasteiger partial charge in [0.25, 0.3) is 0 Å². The van der Waals surface area contributed by atoms with Gasteiger partial charge in [-0.1, -0.05) is 13.8 Å². The molecule has 2 rings (SSSR count). The molecule has 5 heteroatoms. The van der Waals surface area contributed by atoms with Crippen molar-refractivity contribution in [3.63, 3.8) is 0 Å². The van der Waals surface area contributed by atoms with E-state index in [2.05, 4.69) is 29.2 Å². The van der Waals surface area contributed by atoms with Gasteiger partial charge < -0.3 is 4.74 Å². The summed E-state index contributed by atoms with van der Waals surface area (Å²) in [5.74, 6) is 7.85. The number of hydrogen-bond acceptors (Lipinski definition) is 5. The summed E-state index contributed by atoms with van der Waals surface area (Å²) in [6.45, 7) is 6.55. The topological polar surface area (TPSA) is 73.1 Å². The zero-order valence-corrected chi connectivity index (χ0v) is 11.3. The van der Waals surface area contributed by atoms with Gasteiger partial charge in [0.15, 0.2) is 0 Å². The van der Waals surface area contributed by atoms with E-state index in [0.717, 1.165) is 24.3 Å². The molecule has 3 N–H and O–H groups in total. The van der Waals surface area contributed by atoms with Crippen molar-refractivity contribution in [1.29, 1.82) is 0 Å². The second-order valence-electron chi connectivity index (χ2n) is 5.33. The maximum absolute atomic E-state index is 6.00. The van der Waals surface area contributed by atoms with Gasteiger partial charge >= 0.3 is 0 Å². The molecule has 0 saturated heterocycles. The van der Waals surface area contributed by atoms with Crippen molar-refractivity contribution in [3.8, 4) is 5.88 Å². The van der Waals surface area contributed by atoms with E-state index in [9.17, 15) is 0 Å². The maximum atomic E-state index is 6.00. The van der Waals surface area contributed by atoms with Crippen LogP contribution in [0.4, 0.5) is 5.95 Å². The Morgan fingerprint density at radius 1 is 1.33 bits per heavy atom. The Morgan fingerprint density at radius 3 is 2.78 bits per heavy atom. The van der Waals surface area contributed by atoms with Gasteiger partial charge in [-0.3, -0.25) is 5.43 Å². The zero-order chi connectivity index (χ0) is 13.1. The number of ether oxygens (including phenoxy) is 1. The van der Waals surface area contributed by atoms with Crippen molar-refractivity contribution in [2.75, 3.05) is 5.43 Å². The number of nitrogens with one attached hydrogen (secondary N) is 1. The van der Waals surface area contributed by atoms with Crippen molar-refractivity contribution in [2.24, 2.45) is 17.7 Å². The maximum Gasteiger partial charge on any atom is 0.240 e. The predicted octanol–water partition coefficient (Wildman–Crippen LogP) is 2.27. The molecule has 0 bridgehead atoms. The van der Waals surface area contributed by atoms with Crippen LogP contribution >= 0.6 is 0 Å². The fourth-order valence-electron chi connectivity index (χ4n) is 2.38. The van der Waals surface area contributed by atoms with Crippen molar-refractivity contribution in [1.82, 2.24) is 9.97 Å². The van der Waals surface area contributed by atoms with E-state index in [-0.39, 0.29) is 6.10 Å². The van der Waals surface area contributed by atoms with E-state index >= 15 is 0 Å². The third kappa shape index (κ3) is 2.90. The van der Waals surface area contributed by atoms with Crippen LogP contribution in [0.2, 0.25) is 0 Å². The second-order valence-corrected chi connectivity index (χ2v) is 5.33. The van der Waals surface area contributed by atoms with Crippen LogP contribution in [0.25, 0.3) is 0 Å². The summed E-state index contributed by atoms with van der Waals surface area (Å²) in [7, 11) is 0. The molecule has 0 amide bonds. The Morgan fingerprint density at radius 2 is 2.11 bits per heavy atom. The average molecular weight is 250 g/mol. The number of anilines is 1. The van der Waals surface area contributed by atoms with Crippen molar-refractivity contribution < 1.29 is 4.74 Å².